The molecule has 0 saturated heterocycles. The van der Waals surface area contributed by atoms with Crippen molar-refractivity contribution in [3.63, 3.8) is 0 Å². The van der Waals surface area contributed by atoms with Gasteiger partial charge in [-0.15, -0.1) is 0 Å². The van der Waals surface area contributed by atoms with Crippen LogP contribution in [0.1, 0.15) is 18.9 Å². The fraction of sp³-hybridized carbons (Fsp3) is 0.263. The van der Waals surface area contributed by atoms with Crippen LogP contribution in [0, 0.1) is 6.92 Å². The van der Waals surface area contributed by atoms with E-state index in [-0.39, 0.29) is 18.9 Å². The summed E-state index contributed by atoms with van der Waals surface area (Å²) in [7, 11) is 0. The molecule has 2 rings (SSSR count). The van der Waals surface area contributed by atoms with Gasteiger partial charge in [-0.2, -0.15) is 0 Å². The van der Waals surface area contributed by atoms with E-state index in [0.717, 1.165) is 10.0 Å². The van der Waals surface area contributed by atoms with Crippen LogP contribution in [0.3, 0.4) is 0 Å². The zero-order valence-electron chi connectivity index (χ0n) is 14.6. The molecule has 0 aromatic heterocycles. The fourth-order valence-electron chi connectivity index (χ4n) is 2.14. The Bertz CT molecular complexity index is 795. The Hall–Kier alpha value is -2.54. The zero-order valence-corrected chi connectivity index (χ0v) is 16.2. The highest BCUT2D eigenvalue weighted by atomic mass is 79.9. The average Bonchev–Trinajstić information content (AvgIpc) is 2.58. The van der Waals surface area contributed by atoms with Crippen molar-refractivity contribution in [2.24, 2.45) is 5.73 Å². The quantitative estimate of drug-likeness (QED) is 0.684. The lowest BCUT2D eigenvalue weighted by atomic mass is 10.2. The van der Waals surface area contributed by atoms with Crippen molar-refractivity contribution in [1.82, 2.24) is 0 Å². The lowest BCUT2D eigenvalue weighted by molar-refractivity contribution is -0.122. The van der Waals surface area contributed by atoms with Gasteiger partial charge in [0, 0.05) is 0 Å². The van der Waals surface area contributed by atoms with Crippen molar-refractivity contribution in [3.8, 4) is 11.5 Å². The first-order chi connectivity index (χ1) is 12.4. The van der Waals surface area contributed by atoms with Gasteiger partial charge in [0.25, 0.3) is 5.91 Å². The molecular weight excluding hydrogens is 400 g/mol. The van der Waals surface area contributed by atoms with Crippen LogP contribution in [0.4, 0.5) is 5.69 Å². The molecule has 0 aliphatic carbocycles. The van der Waals surface area contributed by atoms with Gasteiger partial charge in [0.2, 0.25) is 5.91 Å². The summed E-state index contributed by atoms with van der Waals surface area (Å²) in [6.07, 6.45) is -0.615. The molecule has 0 aliphatic heterocycles. The number of primary amides is 1. The van der Waals surface area contributed by atoms with Gasteiger partial charge in [0.1, 0.15) is 11.5 Å². The van der Waals surface area contributed by atoms with E-state index in [9.17, 15) is 9.59 Å². The number of hydrogen-bond acceptors (Lipinski definition) is 4. The van der Waals surface area contributed by atoms with Crippen molar-refractivity contribution in [3.05, 3.63) is 52.5 Å². The molecule has 0 aliphatic rings. The van der Waals surface area contributed by atoms with Crippen LogP contribution in [0.5, 0.6) is 11.5 Å². The predicted molar refractivity (Wildman–Crippen MR) is 103 cm³/mol. The van der Waals surface area contributed by atoms with Crippen molar-refractivity contribution in [2.75, 3.05) is 11.9 Å². The highest BCUT2D eigenvalue weighted by Gasteiger charge is 2.18. The number of hydrogen-bond donors (Lipinski definition) is 2. The van der Waals surface area contributed by atoms with Gasteiger partial charge in [-0.3, -0.25) is 9.59 Å². The molecular formula is C19H21BrN2O4. The number of carbonyl (C=O) groups excluding carboxylic acids is 2. The zero-order chi connectivity index (χ0) is 19.1. The van der Waals surface area contributed by atoms with E-state index in [0.29, 0.717) is 17.2 Å². The molecule has 2 aromatic carbocycles. The minimum Gasteiger partial charge on any atom is -0.491 e. The van der Waals surface area contributed by atoms with E-state index >= 15 is 0 Å². The second-order valence-corrected chi connectivity index (χ2v) is 6.60. The maximum Gasteiger partial charge on any atom is 0.265 e. The summed E-state index contributed by atoms with van der Waals surface area (Å²) >= 11 is 3.43. The molecule has 7 heteroatoms. The first-order valence-corrected chi connectivity index (χ1v) is 8.90. The van der Waals surface area contributed by atoms with Crippen LogP contribution in [-0.4, -0.2) is 24.5 Å². The van der Waals surface area contributed by atoms with E-state index in [1.807, 2.05) is 25.1 Å². The highest BCUT2D eigenvalue weighted by Crippen LogP contribution is 2.28. The third kappa shape index (κ3) is 5.77. The third-order valence-electron chi connectivity index (χ3n) is 3.51. The van der Waals surface area contributed by atoms with Crippen LogP contribution >= 0.6 is 15.9 Å². The fourth-order valence-corrected chi connectivity index (χ4v) is 2.72. The maximum atomic E-state index is 12.4. The standard InChI is InChI=1S/C19H21BrN2O4/c1-12-7-8-16(14(20)11-12)26-13(2)19(24)22-15-5-3-4-6-17(15)25-10-9-18(21)23/h3-8,11,13H,9-10H2,1-2H3,(H2,21,23)(H,22,24). The molecule has 26 heavy (non-hydrogen) atoms. The van der Waals surface area contributed by atoms with Crippen LogP contribution in [0.25, 0.3) is 0 Å². The number of anilines is 1. The summed E-state index contributed by atoms with van der Waals surface area (Å²) in [5.74, 6) is 0.288. The normalized spacial score (nSPS) is 11.5. The molecule has 2 amide bonds. The molecule has 0 saturated carbocycles. The summed E-state index contributed by atoms with van der Waals surface area (Å²) in [4.78, 5) is 23.3. The summed E-state index contributed by atoms with van der Waals surface area (Å²) in [6, 6.07) is 12.6. The van der Waals surface area contributed by atoms with Gasteiger partial charge < -0.3 is 20.5 Å². The number of benzene rings is 2. The number of nitrogens with two attached hydrogens (primary N) is 1. The SMILES string of the molecule is Cc1ccc(OC(C)C(=O)Nc2ccccc2OCCC(N)=O)c(Br)c1. The van der Waals surface area contributed by atoms with Crippen molar-refractivity contribution >= 4 is 33.4 Å². The molecule has 2 aromatic rings. The van der Waals surface area contributed by atoms with Gasteiger partial charge in [0.05, 0.1) is 23.2 Å². The Balaban J connectivity index is 2.01. The second kappa shape index (κ2) is 9.24. The first kappa shape index (κ1) is 19.8. The molecule has 0 fully saturated rings. The number of rotatable bonds is 8. The third-order valence-corrected chi connectivity index (χ3v) is 4.13. The van der Waals surface area contributed by atoms with E-state index in [1.54, 1.807) is 31.2 Å². The molecule has 0 spiro atoms. The van der Waals surface area contributed by atoms with Gasteiger partial charge in [0.15, 0.2) is 6.10 Å². The molecule has 3 N–H and O–H groups in total. The Kier molecular flexibility index (Phi) is 7.03. The van der Waals surface area contributed by atoms with Crippen molar-refractivity contribution in [1.29, 1.82) is 0 Å². The molecule has 0 bridgehead atoms. The first-order valence-electron chi connectivity index (χ1n) is 8.10. The van der Waals surface area contributed by atoms with Gasteiger partial charge in [-0.1, -0.05) is 18.2 Å². The highest BCUT2D eigenvalue weighted by molar-refractivity contribution is 9.10. The smallest absolute Gasteiger partial charge is 0.265 e. The molecule has 0 radical (unpaired) electrons. The van der Waals surface area contributed by atoms with Crippen LogP contribution in [0.2, 0.25) is 0 Å². The maximum absolute atomic E-state index is 12.4. The number of amides is 2. The minimum atomic E-state index is -0.715. The number of para-hydroxylation sites is 2. The number of halogens is 1. The Morgan fingerprint density at radius 1 is 1.19 bits per heavy atom. The summed E-state index contributed by atoms with van der Waals surface area (Å²) in [6.45, 7) is 3.78. The topological polar surface area (TPSA) is 90.7 Å². The second-order valence-electron chi connectivity index (χ2n) is 5.74. The molecule has 138 valence electrons. The predicted octanol–water partition coefficient (Wildman–Crippen LogP) is 3.42. The van der Waals surface area contributed by atoms with Crippen LogP contribution in [-0.2, 0) is 9.59 Å². The van der Waals surface area contributed by atoms with Gasteiger partial charge in [-0.05, 0) is 59.6 Å². The average molecular weight is 421 g/mol. The number of ether oxygens (including phenoxy) is 2. The van der Waals surface area contributed by atoms with E-state index < -0.39 is 12.0 Å². The Labute approximate surface area is 160 Å². The lowest BCUT2D eigenvalue weighted by Gasteiger charge is -2.17. The summed E-state index contributed by atoms with van der Waals surface area (Å²) < 4.78 is 12.0. The van der Waals surface area contributed by atoms with Crippen molar-refractivity contribution in [2.45, 2.75) is 26.4 Å². The number of carbonyl (C=O) groups is 2. The largest absolute Gasteiger partial charge is 0.491 e. The Morgan fingerprint density at radius 3 is 2.62 bits per heavy atom. The molecule has 1 unspecified atom stereocenters. The lowest BCUT2D eigenvalue weighted by Crippen LogP contribution is -2.30. The number of nitrogens with one attached hydrogen (secondary N) is 1. The van der Waals surface area contributed by atoms with Crippen LogP contribution in [0.15, 0.2) is 46.9 Å². The van der Waals surface area contributed by atoms with E-state index in [4.69, 9.17) is 15.2 Å². The van der Waals surface area contributed by atoms with Crippen LogP contribution < -0.4 is 20.5 Å². The summed E-state index contributed by atoms with van der Waals surface area (Å²) in [5.41, 5.74) is 6.69. The molecule has 0 heterocycles. The number of aryl methyl sites for hydroxylation is 1. The van der Waals surface area contributed by atoms with E-state index in [1.165, 1.54) is 0 Å². The monoisotopic (exact) mass is 420 g/mol. The van der Waals surface area contributed by atoms with E-state index in [2.05, 4.69) is 21.2 Å². The Morgan fingerprint density at radius 2 is 1.92 bits per heavy atom. The van der Waals surface area contributed by atoms with Crippen molar-refractivity contribution < 1.29 is 19.1 Å². The summed E-state index contributed by atoms with van der Waals surface area (Å²) in [5, 5.41) is 2.78. The molecule has 1 atom stereocenters. The molecule has 6 nitrogen and oxygen atoms in total. The minimum absolute atomic E-state index is 0.100. The van der Waals surface area contributed by atoms with Gasteiger partial charge in [-0.25, -0.2) is 0 Å². The van der Waals surface area contributed by atoms with Gasteiger partial charge >= 0.3 is 0 Å².